The van der Waals surface area contributed by atoms with Crippen LogP contribution in [0.4, 0.5) is 5.82 Å². The monoisotopic (exact) mass is 244 g/mol. The number of nitrogens with zero attached hydrogens (tertiary/aromatic N) is 1. The molecule has 1 heterocycles. The molecular formula is C16H24N2. The SMILES string of the molecule is CCC=C(C)C1(CCC)Cc2ccc(N)nc2C1. The second-order valence-electron chi connectivity index (χ2n) is 5.52. The number of anilines is 1. The Hall–Kier alpha value is -1.31. The van der Waals surface area contributed by atoms with E-state index in [2.05, 4.69) is 37.9 Å². The third kappa shape index (κ3) is 2.29. The zero-order valence-electron chi connectivity index (χ0n) is 11.8. The highest BCUT2D eigenvalue weighted by atomic mass is 14.8. The van der Waals surface area contributed by atoms with Crippen LogP contribution in [0.1, 0.15) is 51.3 Å². The first-order valence-corrected chi connectivity index (χ1v) is 7.03. The molecule has 98 valence electrons. The van der Waals surface area contributed by atoms with Crippen LogP contribution in [-0.2, 0) is 12.8 Å². The molecule has 0 radical (unpaired) electrons. The van der Waals surface area contributed by atoms with Gasteiger partial charge < -0.3 is 5.73 Å². The summed E-state index contributed by atoms with van der Waals surface area (Å²) in [6.07, 6.45) is 8.15. The van der Waals surface area contributed by atoms with Gasteiger partial charge in [0.05, 0.1) is 0 Å². The first-order chi connectivity index (χ1) is 8.61. The molecule has 0 fully saturated rings. The van der Waals surface area contributed by atoms with Gasteiger partial charge in [-0.15, -0.1) is 0 Å². The van der Waals surface area contributed by atoms with Gasteiger partial charge in [-0.3, -0.25) is 0 Å². The van der Waals surface area contributed by atoms with Crippen molar-refractivity contribution >= 4 is 5.82 Å². The number of fused-ring (bicyclic) bond motifs is 1. The van der Waals surface area contributed by atoms with E-state index in [0.717, 1.165) is 19.3 Å². The molecule has 0 bridgehead atoms. The van der Waals surface area contributed by atoms with Gasteiger partial charge in [-0.25, -0.2) is 4.98 Å². The molecule has 0 aromatic carbocycles. The predicted molar refractivity (Wildman–Crippen MR) is 77.4 cm³/mol. The van der Waals surface area contributed by atoms with Crippen LogP contribution in [0.2, 0.25) is 0 Å². The smallest absolute Gasteiger partial charge is 0.123 e. The minimum Gasteiger partial charge on any atom is -0.384 e. The van der Waals surface area contributed by atoms with Crippen molar-refractivity contribution in [3.63, 3.8) is 0 Å². The number of hydrogen-bond donors (Lipinski definition) is 1. The fraction of sp³-hybridized carbons (Fsp3) is 0.562. The van der Waals surface area contributed by atoms with Gasteiger partial charge in [-0.2, -0.15) is 0 Å². The molecule has 0 spiro atoms. The Balaban J connectivity index is 2.34. The molecule has 1 aromatic heterocycles. The summed E-state index contributed by atoms with van der Waals surface area (Å²) in [4.78, 5) is 4.52. The third-order valence-electron chi connectivity index (χ3n) is 4.20. The fourth-order valence-electron chi connectivity index (χ4n) is 3.26. The predicted octanol–water partition coefficient (Wildman–Crippen LogP) is 3.91. The maximum atomic E-state index is 5.80. The summed E-state index contributed by atoms with van der Waals surface area (Å²) in [5, 5.41) is 0. The number of allylic oxidation sites excluding steroid dienone is 2. The molecular weight excluding hydrogens is 220 g/mol. The van der Waals surface area contributed by atoms with Gasteiger partial charge in [0.25, 0.3) is 0 Å². The van der Waals surface area contributed by atoms with Crippen molar-refractivity contribution in [1.29, 1.82) is 0 Å². The molecule has 2 N–H and O–H groups in total. The third-order valence-corrected chi connectivity index (χ3v) is 4.20. The van der Waals surface area contributed by atoms with E-state index in [-0.39, 0.29) is 0 Å². The van der Waals surface area contributed by atoms with Gasteiger partial charge in [0, 0.05) is 11.1 Å². The summed E-state index contributed by atoms with van der Waals surface area (Å²) in [5.41, 5.74) is 10.2. The summed E-state index contributed by atoms with van der Waals surface area (Å²) >= 11 is 0. The lowest BCUT2D eigenvalue weighted by atomic mass is 9.74. The number of nitrogens with two attached hydrogens (primary N) is 1. The molecule has 1 aliphatic carbocycles. The van der Waals surface area contributed by atoms with E-state index in [1.54, 1.807) is 0 Å². The Labute approximate surface area is 110 Å². The lowest BCUT2D eigenvalue weighted by molar-refractivity contribution is 0.339. The average molecular weight is 244 g/mol. The normalized spacial score (nSPS) is 23.2. The summed E-state index contributed by atoms with van der Waals surface area (Å²) in [5.74, 6) is 0.651. The molecule has 18 heavy (non-hydrogen) atoms. The Morgan fingerprint density at radius 1 is 1.39 bits per heavy atom. The van der Waals surface area contributed by atoms with E-state index < -0.39 is 0 Å². The molecule has 0 saturated heterocycles. The van der Waals surface area contributed by atoms with Crippen LogP contribution in [-0.4, -0.2) is 4.98 Å². The van der Waals surface area contributed by atoms with Crippen molar-refractivity contribution in [2.75, 3.05) is 5.73 Å². The van der Waals surface area contributed by atoms with Gasteiger partial charge >= 0.3 is 0 Å². The van der Waals surface area contributed by atoms with E-state index in [9.17, 15) is 0 Å². The van der Waals surface area contributed by atoms with Gasteiger partial charge in [-0.05, 0) is 44.2 Å². The first kappa shape index (κ1) is 13.1. The van der Waals surface area contributed by atoms with Crippen molar-refractivity contribution in [3.05, 3.63) is 35.0 Å². The topological polar surface area (TPSA) is 38.9 Å². The first-order valence-electron chi connectivity index (χ1n) is 7.03. The van der Waals surface area contributed by atoms with Crippen LogP contribution in [0.5, 0.6) is 0 Å². The van der Waals surface area contributed by atoms with Gasteiger partial charge in [0.2, 0.25) is 0 Å². The second-order valence-corrected chi connectivity index (χ2v) is 5.52. The summed E-state index contributed by atoms with van der Waals surface area (Å²) < 4.78 is 0. The maximum absolute atomic E-state index is 5.80. The van der Waals surface area contributed by atoms with Crippen molar-refractivity contribution in [3.8, 4) is 0 Å². The number of rotatable bonds is 4. The van der Waals surface area contributed by atoms with Crippen LogP contribution in [0.3, 0.4) is 0 Å². The molecule has 0 amide bonds. The van der Waals surface area contributed by atoms with E-state index in [1.165, 1.54) is 29.7 Å². The Bertz CT molecular complexity index is 462. The van der Waals surface area contributed by atoms with Gasteiger partial charge in [-0.1, -0.05) is 38.0 Å². The molecule has 1 atom stereocenters. The number of hydrogen-bond acceptors (Lipinski definition) is 2. The van der Waals surface area contributed by atoms with Crippen molar-refractivity contribution < 1.29 is 0 Å². The molecule has 2 rings (SSSR count). The maximum Gasteiger partial charge on any atom is 0.123 e. The quantitative estimate of drug-likeness (QED) is 0.816. The summed E-state index contributed by atoms with van der Waals surface area (Å²) in [7, 11) is 0. The Morgan fingerprint density at radius 3 is 2.83 bits per heavy atom. The van der Waals surface area contributed by atoms with E-state index in [1.807, 2.05) is 6.07 Å². The molecule has 1 aromatic rings. The van der Waals surface area contributed by atoms with Crippen LogP contribution in [0.25, 0.3) is 0 Å². The minimum atomic E-state index is 0.299. The fourth-order valence-corrected chi connectivity index (χ4v) is 3.26. The van der Waals surface area contributed by atoms with E-state index in [0.29, 0.717) is 11.2 Å². The largest absolute Gasteiger partial charge is 0.384 e. The standard InChI is InChI=1S/C16H24N2/c1-4-6-12(3)16(9-5-2)10-13-7-8-15(17)18-14(13)11-16/h6-8H,4-5,9-11H2,1-3H3,(H2,17,18). The Kier molecular flexibility index (Phi) is 3.74. The van der Waals surface area contributed by atoms with Crippen LogP contribution < -0.4 is 5.73 Å². The molecule has 2 nitrogen and oxygen atoms in total. The van der Waals surface area contributed by atoms with Crippen LogP contribution >= 0.6 is 0 Å². The highest BCUT2D eigenvalue weighted by Crippen LogP contribution is 2.45. The number of pyridine rings is 1. The highest BCUT2D eigenvalue weighted by molar-refractivity contribution is 5.40. The number of aromatic nitrogens is 1. The summed E-state index contributed by atoms with van der Waals surface area (Å²) in [6, 6.07) is 4.09. The zero-order chi connectivity index (χ0) is 13.2. The molecule has 1 aliphatic rings. The minimum absolute atomic E-state index is 0.299. The zero-order valence-corrected chi connectivity index (χ0v) is 11.8. The van der Waals surface area contributed by atoms with Crippen molar-refractivity contribution in [1.82, 2.24) is 4.98 Å². The molecule has 1 unspecified atom stereocenters. The molecule has 0 aliphatic heterocycles. The van der Waals surface area contributed by atoms with E-state index in [4.69, 9.17) is 5.73 Å². The summed E-state index contributed by atoms with van der Waals surface area (Å²) in [6.45, 7) is 6.77. The number of nitrogen functional groups attached to an aromatic ring is 1. The molecule has 2 heteroatoms. The molecule has 0 saturated carbocycles. The highest BCUT2D eigenvalue weighted by Gasteiger charge is 2.38. The Morgan fingerprint density at radius 2 is 2.17 bits per heavy atom. The van der Waals surface area contributed by atoms with Crippen molar-refractivity contribution in [2.45, 2.75) is 52.9 Å². The van der Waals surface area contributed by atoms with Gasteiger partial charge in [0.1, 0.15) is 5.82 Å². The van der Waals surface area contributed by atoms with Crippen molar-refractivity contribution in [2.24, 2.45) is 5.41 Å². The lowest BCUT2D eigenvalue weighted by Gasteiger charge is -2.30. The average Bonchev–Trinajstić information content (AvgIpc) is 2.68. The van der Waals surface area contributed by atoms with E-state index >= 15 is 0 Å². The van der Waals surface area contributed by atoms with Gasteiger partial charge in [0.15, 0.2) is 0 Å². The van der Waals surface area contributed by atoms with Crippen LogP contribution in [0, 0.1) is 5.41 Å². The second kappa shape index (κ2) is 5.13. The van der Waals surface area contributed by atoms with Crippen LogP contribution in [0.15, 0.2) is 23.8 Å². The lowest BCUT2D eigenvalue weighted by Crippen LogP contribution is -2.23.